The standard InChI is InChI=1S/C27H22ClN5OS2/c28-21-13-11-19(12-14-21)17-23-18-29-26(36-23)30-24(34)15-16-35-27-32-31-25(20-7-3-1-4-8-20)33(27)22-9-5-2-6-10-22/h1-14,18H,15-17H2,(H,29,30,34). The van der Waals surface area contributed by atoms with E-state index in [1.54, 1.807) is 6.20 Å². The van der Waals surface area contributed by atoms with E-state index in [4.69, 9.17) is 11.6 Å². The van der Waals surface area contributed by atoms with Crippen molar-refractivity contribution in [3.8, 4) is 17.1 Å². The van der Waals surface area contributed by atoms with Gasteiger partial charge in [-0.3, -0.25) is 9.36 Å². The van der Waals surface area contributed by atoms with Crippen molar-refractivity contribution in [1.29, 1.82) is 0 Å². The average Bonchev–Trinajstić information content (AvgIpc) is 3.53. The number of thiazole rings is 1. The van der Waals surface area contributed by atoms with Gasteiger partial charge in [-0.15, -0.1) is 21.5 Å². The van der Waals surface area contributed by atoms with Crippen LogP contribution in [0.1, 0.15) is 16.9 Å². The Morgan fingerprint density at radius 1 is 0.944 bits per heavy atom. The van der Waals surface area contributed by atoms with Gasteiger partial charge in [0.15, 0.2) is 16.1 Å². The fraction of sp³-hybridized carbons (Fsp3) is 0.111. The number of hydrogen-bond donors (Lipinski definition) is 1. The van der Waals surface area contributed by atoms with E-state index < -0.39 is 0 Å². The molecule has 0 unspecified atom stereocenters. The summed E-state index contributed by atoms with van der Waals surface area (Å²) in [5.41, 5.74) is 3.11. The quantitative estimate of drug-likeness (QED) is 0.213. The lowest BCUT2D eigenvalue weighted by Crippen LogP contribution is -2.12. The number of nitrogens with one attached hydrogen (secondary N) is 1. The van der Waals surface area contributed by atoms with Crippen molar-refractivity contribution in [1.82, 2.24) is 19.7 Å². The van der Waals surface area contributed by atoms with Gasteiger partial charge < -0.3 is 5.32 Å². The third-order valence-corrected chi connectivity index (χ3v) is 7.43. The number of aromatic nitrogens is 4. The van der Waals surface area contributed by atoms with E-state index in [9.17, 15) is 4.79 Å². The predicted octanol–water partition coefficient (Wildman–Crippen LogP) is 6.76. The molecule has 0 bridgehead atoms. The van der Waals surface area contributed by atoms with Crippen LogP contribution in [0.2, 0.25) is 5.02 Å². The van der Waals surface area contributed by atoms with Crippen molar-refractivity contribution >= 4 is 45.7 Å². The number of nitrogens with zero attached hydrogens (tertiary/aromatic N) is 4. The molecule has 5 rings (SSSR count). The van der Waals surface area contributed by atoms with Crippen LogP contribution < -0.4 is 5.32 Å². The maximum absolute atomic E-state index is 12.6. The van der Waals surface area contributed by atoms with Crippen molar-refractivity contribution in [3.63, 3.8) is 0 Å². The van der Waals surface area contributed by atoms with Crippen molar-refractivity contribution in [2.45, 2.75) is 18.0 Å². The minimum absolute atomic E-state index is 0.0797. The van der Waals surface area contributed by atoms with E-state index in [1.807, 2.05) is 89.5 Å². The zero-order chi connectivity index (χ0) is 24.7. The summed E-state index contributed by atoms with van der Waals surface area (Å²) >= 11 is 8.94. The molecule has 0 atom stereocenters. The maximum Gasteiger partial charge on any atom is 0.226 e. The molecule has 6 nitrogen and oxygen atoms in total. The van der Waals surface area contributed by atoms with Gasteiger partial charge in [0.1, 0.15) is 0 Å². The fourth-order valence-corrected chi connectivity index (χ4v) is 5.49. The Hall–Kier alpha value is -3.46. The molecule has 3 aromatic carbocycles. The molecule has 0 saturated carbocycles. The van der Waals surface area contributed by atoms with Gasteiger partial charge in [0.25, 0.3) is 0 Å². The van der Waals surface area contributed by atoms with Gasteiger partial charge in [0, 0.05) is 45.9 Å². The summed E-state index contributed by atoms with van der Waals surface area (Å²) < 4.78 is 2.03. The summed E-state index contributed by atoms with van der Waals surface area (Å²) in [4.78, 5) is 18.0. The average molecular weight is 532 g/mol. The molecule has 9 heteroatoms. The van der Waals surface area contributed by atoms with Gasteiger partial charge in [-0.25, -0.2) is 4.98 Å². The van der Waals surface area contributed by atoms with E-state index in [2.05, 4.69) is 20.5 Å². The van der Waals surface area contributed by atoms with E-state index in [1.165, 1.54) is 23.1 Å². The SMILES string of the molecule is O=C(CCSc1nnc(-c2ccccc2)n1-c1ccccc1)Nc1ncc(Cc2ccc(Cl)cc2)s1. The highest BCUT2D eigenvalue weighted by Gasteiger charge is 2.16. The highest BCUT2D eigenvalue weighted by molar-refractivity contribution is 7.99. The molecule has 180 valence electrons. The lowest BCUT2D eigenvalue weighted by atomic mass is 10.1. The summed E-state index contributed by atoms with van der Waals surface area (Å²) in [7, 11) is 0. The first kappa shape index (κ1) is 24.2. The van der Waals surface area contributed by atoms with E-state index in [-0.39, 0.29) is 5.91 Å². The number of carbonyl (C=O) groups excluding carboxylic acids is 1. The van der Waals surface area contributed by atoms with Gasteiger partial charge in [0.05, 0.1) is 0 Å². The van der Waals surface area contributed by atoms with Gasteiger partial charge in [0.2, 0.25) is 5.91 Å². The molecule has 0 aliphatic rings. The smallest absolute Gasteiger partial charge is 0.226 e. The van der Waals surface area contributed by atoms with Crippen molar-refractivity contribution in [2.75, 3.05) is 11.1 Å². The number of halogens is 1. The molecule has 36 heavy (non-hydrogen) atoms. The first-order valence-electron chi connectivity index (χ1n) is 11.3. The summed E-state index contributed by atoms with van der Waals surface area (Å²) in [5.74, 6) is 1.25. The summed E-state index contributed by atoms with van der Waals surface area (Å²) in [6.45, 7) is 0. The molecule has 5 aromatic rings. The maximum atomic E-state index is 12.6. The van der Waals surface area contributed by atoms with E-state index in [0.717, 1.165) is 39.1 Å². The molecule has 2 aromatic heterocycles. The van der Waals surface area contributed by atoms with Gasteiger partial charge in [-0.05, 0) is 29.8 Å². The Labute approximate surface area is 222 Å². The van der Waals surface area contributed by atoms with Crippen LogP contribution in [0, 0.1) is 0 Å². The molecule has 1 amide bonds. The minimum atomic E-state index is -0.0797. The van der Waals surface area contributed by atoms with Crippen LogP contribution in [0.5, 0.6) is 0 Å². The largest absolute Gasteiger partial charge is 0.302 e. The molecule has 0 saturated heterocycles. The lowest BCUT2D eigenvalue weighted by Gasteiger charge is -2.10. The molecule has 0 aliphatic carbocycles. The Bertz CT molecular complexity index is 1440. The third-order valence-electron chi connectivity index (χ3n) is 5.33. The predicted molar refractivity (Wildman–Crippen MR) is 147 cm³/mol. The normalized spacial score (nSPS) is 10.9. The van der Waals surface area contributed by atoms with Crippen LogP contribution in [-0.2, 0) is 11.2 Å². The second kappa shape index (κ2) is 11.5. The summed E-state index contributed by atoms with van der Waals surface area (Å²) in [6.07, 6.45) is 2.88. The van der Waals surface area contributed by atoms with E-state index >= 15 is 0 Å². The molecule has 2 heterocycles. The van der Waals surface area contributed by atoms with Crippen molar-refractivity contribution < 1.29 is 4.79 Å². The third kappa shape index (κ3) is 6.02. The zero-order valence-corrected chi connectivity index (χ0v) is 21.6. The second-order valence-corrected chi connectivity index (χ2v) is 10.5. The van der Waals surface area contributed by atoms with Crippen LogP contribution in [0.3, 0.4) is 0 Å². The molecular weight excluding hydrogens is 510 g/mol. The van der Waals surface area contributed by atoms with Gasteiger partial charge >= 0.3 is 0 Å². The van der Waals surface area contributed by atoms with Crippen molar-refractivity contribution in [3.05, 3.63) is 107 Å². The summed E-state index contributed by atoms with van der Waals surface area (Å²) in [5, 5.41) is 13.8. The highest BCUT2D eigenvalue weighted by Crippen LogP contribution is 2.28. The number of amides is 1. The first-order valence-corrected chi connectivity index (χ1v) is 13.5. The fourth-order valence-electron chi connectivity index (χ4n) is 3.61. The Balaban J connectivity index is 1.21. The lowest BCUT2D eigenvalue weighted by molar-refractivity contribution is -0.115. The zero-order valence-electron chi connectivity index (χ0n) is 19.2. The van der Waals surface area contributed by atoms with Gasteiger partial charge in [-0.1, -0.05) is 84.0 Å². The molecule has 0 aliphatic heterocycles. The Morgan fingerprint density at radius 3 is 2.42 bits per heavy atom. The topological polar surface area (TPSA) is 72.7 Å². The van der Waals surface area contributed by atoms with Crippen LogP contribution >= 0.6 is 34.7 Å². The first-order chi connectivity index (χ1) is 17.7. The molecule has 0 radical (unpaired) electrons. The second-order valence-electron chi connectivity index (χ2n) is 7.92. The number of anilines is 1. The number of carbonyl (C=O) groups is 1. The number of hydrogen-bond acceptors (Lipinski definition) is 6. The van der Waals surface area contributed by atoms with Crippen LogP contribution in [0.25, 0.3) is 17.1 Å². The highest BCUT2D eigenvalue weighted by atomic mass is 35.5. The molecular formula is C27H22ClN5OS2. The van der Waals surface area contributed by atoms with Crippen molar-refractivity contribution in [2.24, 2.45) is 0 Å². The molecule has 1 N–H and O–H groups in total. The van der Waals surface area contributed by atoms with Crippen LogP contribution in [-0.4, -0.2) is 31.4 Å². The monoisotopic (exact) mass is 531 g/mol. The van der Waals surface area contributed by atoms with Crippen LogP contribution in [0.4, 0.5) is 5.13 Å². The Morgan fingerprint density at radius 2 is 1.67 bits per heavy atom. The number of benzene rings is 3. The number of thioether (sulfide) groups is 1. The number of rotatable bonds is 9. The van der Waals surface area contributed by atoms with Gasteiger partial charge in [-0.2, -0.15) is 0 Å². The number of para-hydroxylation sites is 1. The summed E-state index contributed by atoms with van der Waals surface area (Å²) in [6, 6.07) is 27.7. The molecule has 0 spiro atoms. The van der Waals surface area contributed by atoms with Crippen LogP contribution in [0.15, 0.2) is 96.3 Å². The molecule has 0 fully saturated rings. The minimum Gasteiger partial charge on any atom is -0.302 e. The Kier molecular flexibility index (Phi) is 7.76. The van der Waals surface area contributed by atoms with E-state index in [0.29, 0.717) is 22.3 Å².